The molecule has 1 amide bonds. The molecule has 2 aromatic carbocycles. The summed E-state index contributed by atoms with van der Waals surface area (Å²) in [4.78, 5) is 29.1. The molecule has 122 valence electrons. The van der Waals surface area contributed by atoms with Crippen LogP contribution in [0.5, 0.6) is 0 Å². The van der Waals surface area contributed by atoms with Crippen LogP contribution < -0.4 is 5.48 Å². The van der Waals surface area contributed by atoms with E-state index in [-0.39, 0.29) is 15.5 Å². The average Bonchev–Trinajstić information content (AvgIpc) is 2.89. The molecule has 0 saturated carbocycles. The molecule has 3 rings (SSSR count). The first-order chi connectivity index (χ1) is 11.5. The number of halogens is 3. The number of fused-ring (bicyclic) bond motifs is 1. The Morgan fingerprint density at radius 2 is 1.96 bits per heavy atom. The maximum atomic E-state index is 13.2. The van der Waals surface area contributed by atoms with Crippen LogP contribution >= 0.6 is 38.9 Å². The minimum absolute atomic E-state index is 0.136. The number of hydrogen-bond donors (Lipinski definition) is 1. The summed E-state index contributed by atoms with van der Waals surface area (Å²) < 4.78 is 14.3. The number of thiophene rings is 1. The lowest BCUT2D eigenvalue weighted by molar-refractivity contribution is 0.0231. The minimum atomic E-state index is -0.723. The number of amides is 1. The van der Waals surface area contributed by atoms with Crippen LogP contribution in [0.25, 0.3) is 10.1 Å². The van der Waals surface area contributed by atoms with Gasteiger partial charge in [-0.3, -0.25) is 4.79 Å². The van der Waals surface area contributed by atoms with Crippen molar-refractivity contribution in [2.45, 2.75) is 0 Å². The van der Waals surface area contributed by atoms with Gasteiger partial charge in [0, 0.05) is 14.6 Å². The number of carbonyl (C=O) groups excluding carboxylic acids is 2. The van der Waals surface area contributed by atoms with Crippen LogP contribution in [-0.4, -0.2) is 11.9 Å². The largest absolute Gasteiger partial charge is 0.364 e. The topological polar surface area (TPSA) is 55.4 Å². The zero-order valence-corrected chi connectivity index (χ0v) is 15.0. The monoisotopic (exact) mass is 427 g/mol. The standard InChI is InChI=1S/C16H8BrClFNO3S/c17-11-4-2-1-3-9(11)16(22)23-20-15(21)14-13(18)10-6-5-8(19)7-12(10)24-14/h1-7H,(H,20,21). The van der Waals surface area contributed by atoms with Crippen molar-refractivity contribution in [1.82, 2.24) is 5.48 Å². The number of nitrogens with one attached hydrogen (secondary N) is 1. The molecule has 0 bridgehead atoms. The zero-order valence-electron chi connectivity index (χ0n) is 11.8. The molecule has 0 saturated heterocycles. The third-order valence-electron chi connectivity index (χ3n) is 3.13. The van der Waals surface area contributed by atoms with Crippen molar-refractivity contribution in [1.29, 1.82) is 0 Å². The molecule has 1 heterocycles. The van der Waals surface area contributed by atoms with Gasteiger partial charge in [0.25, 0.3) is 5.91 Å². The molecular weight excluding hydrogens is 421 g/mol. The summed E-state index contributed by atoms with van der Waals surface area (Å²) in [5.74, 6) is -1.83. The van der Waals surface area contributed by atoms with Crippen molar-refractivity contribution in [2.75, 3.05) is 0 Å². The molecule has 8 heteroatoms. The molecule has 0 spiro atoms. The second-order valence-corrected chi connectivity index (χ2v) is 6.97. The summed E-state index contributed by atoms with van der Waals surface area (Å²) in [7, 11) is 0. The summed E-state index contributed by atoms with van der Waals surface area (Å²) in [5.41, 5.74) is 2.33. The average molecular weight is 429 g/mol. The van der Waals surface area contributed by atoms with Gasteiger partial charge < -0.3 is 4.84 Å². The SMILES string of the molecule is O=C(ONC(=O)c1sc2cc(F)ccc2c1Cl)c1ccccc1Br. The molecule has 0 unspecified atom stereocenters. The van der Waals surface area contributed by atoms with Crippen LogP contribution in [0.15, 0.2) is 46.9 Å². The minimum Gasteiger partial charge on any atom is -0.335 e. The van der Waals surface area contributed by atoms with Crippen molar-refractivity contribution in [3.05, 3.63) is 68.2 Å². The molecule has 0 aliphatic carbocycles. The van der Waals surface area contributed by atoms with Gasteiger partial charge in [-0.05, 0) is 46.3 Å². The Morgan fingerprint density at radius 1 is 1.21 bits per heavy atom. The van der Waals surface area contributed by atoms with Crippen molar-refractivity contribution in [3.8, 4) is 0 Å². The van der Waals surface area contributed by atoms with Gasteiger partial charge in [-0.25, -0.2) is 9.18 Å². The number of carbonyl (C=O) groups is 2. The van der Waals surface area contributed by atoms with Gasteiger partial charge in [0.2, 0.25) is 0 Å². The molecule has 3 aromatic rings. The van der Waals surface area contributed by atoms with E-state index in [0.29, 0.717) is 14.6 Å². The third kappa shape index (κ3) is 3.28. The lowest BCUT2D eigenvalue weighted by atomic mass is 10.2. The quantitative estimate of drug-likeness (QED) is 0.587. The van der Waals surface area contributed by atoms with E-state index in [1.165, 1.54) is 18.2 Å². The Balaban J connectivity index is 1.77. The Kier molecular flexibility index (Phi) is 4.84. The fourth-order valence-electron chi connectivity index (χ4n) is 2.01. The first-order valence-corrected chi connectivity index (χ1v) is 8.59. The van der Waals surface area contributed by atoms with Crippen molar-refractivity contribution in [3.63, 3.8) is 0 Å². The Hall–Kier alpha value is -1.96. The van der Waals surface area contributed by atoms with Gasteiger partial charge >= 0.3 is 5.97 Å². The summed E-state index contributed by atoms with van der Waals surface area (Å²) in [6.45, 7) is 0. The van der Waals surface area contributed by atoms with Crippen molar-refractivity contribution < 1.29 is 18.8 Å². The van der Waals surface area contributed by atoms with Gasteiger partial charge in [-0.1, -0.05) is 23.7 Å². The summed E-state index contributed by atoms with van der Waals surface area (Å²) in [5, 5.41) is 0.745. The highest BCUT2D eigenvalue weighted by atomic mass is 79.9. The molecule has 4 nitrogen and oxygen atoms in total. The highest BCUT2D eigenvalue weighted by molar-refractivity contribution is 9.10. The van der Waals surface area contributed by atoms with Gasteiger partial charge in [0.1, 0.15) is 10.7 Å². The van der Waals surface area contributed by atoms with E-state index in [2.05, 4.69) is 21.4 Å². The van der Waals surface area contributed by atoms with Crippen LogP contribution in [0.4, 0.5) is 4.39 Å². The van der Waals surface area contributed by atoms with Crippen LogP contribution in [0.3, 0.4) is 0 Å². The second-order valence-electron chi connectivity index (χ2n) is 4.69. The fourth-order valence-corrected chi connectivity index (χ4v) is 3.88. The van der Waals surface area contributed by atoms with E-state index in [4.69, 9.17) is 16.4 Å². The van der Waals surface area contributed by atoms with Crippen LogP contribution in [0, 0.1) is 5.82 Å². The number of hydrogen-bond acceptors (Lipinski definition) is 4. The molecule has 24 heavy (non-hydrogen) atoms. The summed E-state index contributed by atoms with van der Waals surface area (Å²) >= 11 is 10.4. The fraction of sp³-hybridized carbons (Fsp3) is 0. The normalized spacial score (nSPS) is 10.6. The van der Waals surface area contributed by atoms with E-state index in [9.17, 15) is 14.0 Å². The molecule has 0 fully saturated rings. The lowest BCUT2D eigenvalue weighted by Gasteiger charge is -2.06. The molecule has 0 atom stereocenters. The molecule has 1 N–H and O–H groups in total. The molecule has 1 aromatic heterocycles. The van der Waals surface area contributed by atoms with E-state index >= 15 is 0 Å². The molecular formula is C16H8BrClFNO3S. The van der Waals surface area contributed by atoms with Crippen LogP contribution in [0.2, 0.25) is 5.02 Å². The lowest BCUT2D eigenvalue weighted by Crippen LogP contribution is -2.26. The number of rotatable bonds is 2. The van der Waals surface area contributed by atoms with E-state index < -0.39 is 17.7 Å². The van der Waals surface area contributed by atoms with Gasteiger partial charge in [0.15, 0.2) is 0 Å². The van der Waals surface area contributed by atoms with Crippen LogP contribution in [-0.2, 0) is 4.84 Å². The van der Waals surface area contributed by atoms with Crippen LogP contribution in [0.1, 0.15) is 20.0 Å². The second kappa shape index (κ2) is 6.88. The highest BCUT2D eigenvalue weighted by Crippen LogP contribution is 2.35. The van der Waals surface area contributed by atoms with E-state index in [1.807, 2.05) is 0 Å². The van der Waals surface area contributed by atoms with Gasteiger partial charge in [0.05, 0.1) is 10.6 Å². The number of hydroxylamine groups is 1. The van der Waals surface area contributed by atoms with Gasteiger partial charge in [-0.15, -0.1) is 11.3 Å². The molecule has 0 aliphatic rings. The third-order valence-corrected chi connectivity index (χ3v) is 5.48. The predicted octanol–water partition coefficient (Wildman–Crippen LogP) is 4.96. The molecule has 0 radical (unpaired) electrons. The Labute approximate surface area is 153 Å². The maximum absolute atomic E-state index is 13.2. The predicted molar refractivity (Wildman–Crippen MR) is 93.8 cm³/mol. The van der Waals surface area contributed by atoms with Crippen molar-refractivity contribution in [2.24, 2.45) is 0 Å². The zero-order chi connectivity index (χ0) is 17.3. The van der Waals surface area contributed by atoms with Crippen molar-refractivity contribution >= 4 is 60.8 Å². The number of benzene rings is 2. The van der Waals surface area contributed by atoms with Gasteiger partial charge in [-0.2, -0.15) is 5.48 Å². The van der Waals surface area contributed by atoms with E-state index in [1.54, 1.807) is 24.3 Å². The first kappa shape index (κ1) is 16.9. The maximum Gasteiger partial charge on any atom is 0.364 e. The Morgan fingerprint density at radius 3 is 2.71 bits per heavy atom. The first-order valence-electron chi connectivity index (χ1n) is 6.61. The van der Waals surface area contributed by atoms with E-state index in [0.717, 1.165) is 11.3 Å². The summed E-state index contributed by atoms with van der Waals surface area (Å²) in [6.07, 6.45) is 0. The summed E-state index contributed by atoms with van der Waals surface area (Å²) in [6, 6.07) is 10.7. The Bertz CT molecular complexity index is 960. The molecule has 0 aliphatic heterocycles. The highest BCUT2D eigenvalue weighted by Gasteiger charge is 2.19. The smallest absolute Gasteiger partial charge is 0.335 e.